The lowest BCUT2D eigenvalue weighted by atomic mass is 10.2. The van der Waals surface area contributed by atoms with Crippen molar-refractivity contribution in [1.82, 2.24) is 4.31 Å². The fourth-order valence-electron chi connectivity index (χ4n) is 2.40. The van der Waals surface area contributed by atoms with Crippen LogP contribution >= 0.6 is 15.9 Å². The molecule has 116 valence electrons. The topological polar surface area (TPSA) is 83.9 Å². The first-order chi connectivity index (χ1) is 9.78. The lowest BCUT2D eigenvalue weighted by Crippen LogP contribution is -2.40. The molecule has 0 saturated carbocycles. The van der Waals surface area contributed by atoms with E-state index in [4.69, 9.17) is 4.74 Å². The molecule has 0 bridgehead atoms. The summed E-state index contributed by atoms with van der Waals surface area (Å²) in [5, 5.41) is 9.17. The Morgan fingerprint density at radius 1 is 1.48 bits per heavy atom. The van der Waals surface area contributed by atoms with Crippen LogP contribution < -0.4 is 4.74 Å². The molecule has 0 amide bonds. The average molecular weight is 378 g/mol. The molecule has 0 spiro atoms. The van der Waals surface area contributed by atoms with E-state index in [1.807, 2.05) is 6.92 Å². The van der Waals surface area contributed by atoms with E-state index in [2.05, 4.69) is 15.9 Å². The molecule has 6 nitrogen and oxygen atoms in total. The van der Waals surface area contributed by atoms with Gasteiger partial charge >= 0.3 is 5.97 Å². The van der Waals surface area contributed by atoms with E-state index in [1.165, 1.54) is 13.2 Å². The van der Waals surface area contributed by atoms with Gasteiger partial charge in [-0.1, -0.05) is 15.9 Å². The maximum Gasteiger partial charge on any atom is 0.322 e. The fourth-order valence-corrected chi connectivity index (χ4v) is 4.71. The number of sulfonamides is 1. The first kappa shape index (κ1) is 16.3. The van der Waals surface area contributed by atoms with E-state index in [0.717, 1.165) is 9.87 Å². The Labute approximate surface area is 131 Å². The second kappa shape index (κ2) is 5.94. The van der Waals surface area contributed by atoms with E-state index < -0.39 is 22.0 Å². The molecule has 1 aliphatic heterocycles. The number of nitrogens with zero attached hydrogens (tertiary/aromatic N) is 1. The van der Waals surface area contributed by atoms with Crippen molar-refractivity contribution in [3.8, 4) is 5.75 Å². The number of halogens is 1. The molecule has 1 N–H and O–H groups in total. The first-order valence-corrected chi connectivity index (χ1v) is 8.61. The van der Waals surface area contributed by atoms with E-state index in [9.17, 15) is 18.3 Å². The molecule has 0 radical (unpaired) electrons. The van der Waals surface area contributed by atoms with Gasteiger partial charge in [-0.25, -0.2) is 8.42 Å². The SMILES string of the molecule is COc1cc(C)c(Br)cc1S(=O)(=O)N1CCC[C@@H]1C(=O)O. The van der Waals surface area contributed by atoms with Crippen LogP contribution in [-0.2, 0) is 14.8 Å². The quantitative estimate of drug-likeness (QED) is 0.867. The zero-order chi connectivity index (χ0) is 15.8. The molecular formula is C13H16BrNO5S. The van der Waals surface area contributed by atoms with Crippen molar-refractivity contribution in [3.05, 3.63) is 22.2 Å². The summed E-state index contributed by atoms with van der Waals surface area (Å²) >= 11 is 3.30. The van der Waals surface area contributed by atoms with Gasteiger partial charge in [0.05, 0.1) is 7.11 Å². The minimum Gasteiger partial charge on any atom is -0.495 e. The Morgan fingerprint density at radius 3 is 2.71 bits per heavy atom. The van der Waals surface area contributed by atoms with Crippen molar-refractivity contribution in [2.45, 2.75) is 30.7 Å². The second-order valence-corrected chi connectivity index (χ2v) is 7.58. The number of carboxylic acids is 1. The molecule has 0 aliphatic carbocycles. The summed E-state index contributed by atoms with van der Waals surface area (Å²) in [6, 6.07) is 2.06. The van der Waals surface area contributed by atoms with Crippen molar-refractivity contribution >= 4 is 31.9 Å². The molecule has 1 aromatic carbocycles. The highest BCUT2D eigenvalue weighted by atomic mass is 79.9. The summed E-state index contributed by atoms with van der Waals surface area (Å²) < 4.78 is 32.3. The number of hydrogen-bond donors (Lipinski definition) is 1. The Hall–Kier alpha value is -1.12. The highest BCUT2D eigenvalue weighted by molar-refractivity contribution is 9.10. The molecule has 1 fully saturated rings. The Bertz CT molecular complexity index is 673. The van der Waals surface area contributed by atoms with Crippen LogP contribution in [0.1, 0.15) is 18.4 Å². The van der Waals surface area contributed by atoms with Crippen LogP contribution in [0.5, 0.6) is 5.75 Å². The summed E-state index contributed by atoms with van der Waals surface area (Å²) in [6.07, 6.45) is 0.857. The molecule has 1 saturated heterocycles. The summed E-state index contributed by atoms with van der Waals surface area (Å²) in [7, 11) is -2.53. The average Bonchev–Trinajstić information content (AvgIpc) is 2.91. The summed E-state index contributed by atoms with van der Waals surface area (Å²) in [6.45, 7) is 2.02. The van der Waals surface area contributed by atoms with Gasteiger partial charge in [0, 0.05) is 11.0 Å². The second-order valence-electron chi connectivity index (χ2n) is 4.86. The van der Waals surface area contributed by atoms with Gasteiger partial charge in [-0.2, -0.15) is 4.31 Å². The Kier molecular flexibility index (Phi) is 4.60. The van der Waals surface area contributed by atoms with Crippen molar-refractivity contribution in [1.29, 1.82) is 0 Å². The van der Waals surface area contributed by atoms with Crippen LogP contribution in [-0.4, -0.2) is 43.5 Å². The minimum atomic E-state index is -3.92. The van der Waals surface area contributed by atoms with Crippen LogP contribution in [0.2, 0.25) is 0 Å². The zero-order valence-electron chi connectivity index (χ0n) is 11.7. The number of carbonyl (C=O) groups is 1. The maximum atomic E-state index is 12.8. The van der Waals surface area contributed by atoms with Crippen molar-refractivity contribution in [2.75, 3.05) is 13.7 Å². The predicted molar refractivity (Wildman–Crippen MR) is 80.0 cm³/mol. The highest BCUT2D eigenvalue weighted by Crippen LogP contribution is 2.35. The van der Waals surface area contributed by atoms with Gasteiger partial charge in [0.15, 0.2) is 0 Å². The number of ether oxygens (including phenoxy) is 1. The molecule has 1 aliphatic rings. The van der Waals surface area contributed by atoms with E-state index in [0.29, 0.717) is 17.3 Å². The number of benzene rings is 1. The summed E-state index contributed by atoms with van der Waals surface area (Å²) in [5.74, 6) is -0.909. The normalized spacial score (nSPS) is 19.7. The molecule has 21 heavy (non-hydrogen) atoms. The summed E-state index contributed by atoms with van der Waals surface area (Å²) in [5.41, 5.74) is 0.835. The standard InChI is InChI=1S/C13H16BrNO5S/c1-8-6-11(20-2)12(7-9(8)14)21(18,19)15-5-3-4-10(15)13(16)17/h6-7,10H,3-5H2,1-2H3,(H,16,17)/t10-/m1/s1. The highest BCUT2D eigenvalue weighted by Gasteiger charge is 2.40. The molecule has 8 heteroatoms. The Balaban J connectivity index is 2.54. The molecule has 1 heterocycles. The van der Waals surface area contributed by atoms with E-state index in [-0.39, 0.29) is 17.2 Å². The van der Waals surface area contributed by atoms with Crippen molar-refractivity contribution in [3.63, 3.8) is 0 Å². The molecule has 1 atom stereocenters. The Morgan fingerprint density at radius 2 is 2.14 bits per heavy atom. The number of carboxylic acid groups (broad SMARTS) is 1. The lowest BCUT2D eigenvalue weighted by molar-refractivity contribution is -0.140. The molecule has 2 rings (SSSR count). The minimum absolute atomic E-state index is 0.0179. The number of hydrogen-bond acceptors (Lipinski definition) is 4. The molecule has 0 aromatic heterocycles. The number of aryl methyl sites for hydroxylation is 1. The van der Waals surface area contributed by atoms with Gasteiger partial charge in [0.2, 0.25) is 10.0 Å². The molecule has 1 aromatic rings. The van der Waals surface area contributed by atoms with Crippen LogP contribution in [0.25, 0.3) is 0 Å². The van der Waals surface area contributed by atoms with Gasteiger partial charge in [-0.15, -0.1) is 0 Å². The van der Waals surface area contributed by atoms with Crippen molar-refractivity contribution < 1.29 is 23.1 Å². The lowest BCUT2D eigenvalue weighted by Gasteiger charge is -2.22. The van der Waals surface area contributed by atoms with Crippen LogP contribution in [0.15, 0.2) is 21.5 Å². The van der Waals surface area contributed by atoms with Crippen LogP contribution in [0.3, 0.4) is 0 Å². The molecular weight excluding hydrogens is 362 g/mol. The fraction of sp³-hybridized carbons (Fsp3) is 0.462. The smallest absolute Gasteiger partial charge is 0.322 e. The van der Waals surface area contributed by atoms with Gasteiger partial charge in [0.25, 0.3) is 0 Å². The van der Waals surface area contributed by atoms with Gasteiger partial charge in [-0.05, 0) is 37.5 Å². The first-order valence-electron chi connectivity index (χ1n) is 6.38. The zero-order valence-corrected chi connectivity index (χ0v) is 14.1. The third kappa shape index (κ3) is 2.93. The number of aliphatic carboxylic acids is 1. The van der Waals surface area contributed by atoms with Gasteiger partial charge in [0.1, 0.15) is 16.7 Å². The largest absolute Gasteiger partial charge is 0.495 e. The van der Waals surface area contributed by atoms with E-state index in [1.54, 1.807) is 6.07 Å². The number of rotatable bonds is 4. The summed E-state index contributed by atoms with van der Waals surface area (Å²) in [4.78, 5) is 11.2. The van der Waals surface area contributed by atoms with E-state index >= 15 is 0 Å². The molecule has 0 unspecified atom stereocenters. The number of methoxy groups -OCH3 is 1. The maximum absolute atomic E-state index is 12.8. The van der Waals surface area contributed by atoms with Crippen molar-refractivity contribution in [2.24, 2.45) is 0 Å². The van der Waals surface area contributed by atoms with Gasteiger partial charge in [-0.3, -0.25) is 4.79 Å². The monoisotopic (exact) mass is 377 g/mol. The van der Waals surface area contributed by atoms with Crippen LogP contribution in [0.4, 0.5) is 0 Å². The third-order valence-corrected chi connectivity index (χ3v) is 6.30. The third-order valence-electron chi connectivity index (χ3n) is 3.52. The van der Waals surface area contributed by atoms with Gasteiger partial charge < -0.3 is 9.84 Å². The van der Waals surface area contributed by atoms with Crippen LogP contribution in [0, 0.1) is 6.92 Å². The predicted octanol–water partition coefficient (Wildman–Crippen LogP) is 2.00.